The van der Waals surface area contributed by atoms with Crippen molar-refractivity contribution in [3.63, 3.8) is 0 Å². The van der Waals surface area contributed by atoms with Gasteiger partial charge in [-0.15, -0.1) is 0 Å². The molecule has 0 aliphatic carbocycles. The zero-order valence-electron chi connectivity index (χ0n) is 18.7. The highest BCUT2D eigenvalue weighted by Gasteiger charge is 2.38. The van der Waals surface area contributed by atoms with E-state index in [0.29, 0.717) is 12.5 Å². The second kappa shape index (κ2) is 9.04. The lowest BCUT2D eigenvalue weighted by atomic mass is 9.95. The Morgan fingerprint density at radius 3 is 2.47 bits per heavy atom. The van der Waals surface area contributed by atoms with Gasteiger partial charge in [-0.1, -0.05) is 12.1 Å². The molecular formula is C25H21F5N2O3S. The SMILES string of the molecule is O=S(=O)(c1cccc(C(F)(F)F)c1)N1CC(CC2CNC2)Oc2ccc(-c3cc(F)ccc3F)cc21. The normalized spacial score (nSPS) is 18.4. The van der Waals surface area contributed by atoms with Crippen molar-refractivity contribution in [2.75, 3.05) is 23.9 Å². The lowest BCUT2D eigenvalue weighted by Crippen LogP contribution is -2.49. The van der Waals surface area contributed by atoms with Crippen LogP contribution in [0.25, 0.3) is 11.1 Å². The van der Waals surface area contributed by atoms with Gasteiger partial charge < -0.3 is 10.1 Å². The Balaban J connectivity index is 1.60. The van der Waals surface area contributed by atoms with Gasteiger partial charge >= 0.3 is 6.18 Å². The van der Waals surface area contributed by atoms with Gasteiger partial charge in [-0.05, 0) is 79.5 Å². The molecule has 0 aromatic heterocycles. The summed E-state index contributed by atoms with van der Waals surface area (Å²) >= 11 is 0. The molecule has 2 heterocycles. The third kappa shape index (κ3) is 4.64. The lowest BCUT2D eigenvalue weighted by Gasteiger charge is -2.38. The van der Waals surface area contributed by atoms with E-state index in [1.54, 1.807) is 0 Å². The first-order valence-corrected chi connectivity index (χ1v) is 12.6. The average molecular weight is 525 g/mol. The van der Waals surface area contributed by atoms with Gasteiger partial charge in [0, 0.05) is 5.56 Å². The number of anilines is 1. The fourth-order valence-corrected chi connectivity index (χ4v) is 5.94. The van der Waals surface area contributed by atoms with E-state index in [2.05, 4.69) is 5.32 Å². The maximum absolute atomic E-state index is 14.4. The number of nitrogens with zero attached hydrogens (tertiary/aromatic N) is 1. The molecule has 0 spiro atoms. The molecule has 2 aliphatic rings. The molecule has 1 saturated heterocycles. The molecule has 36 heavy (non-hydrogen) atoms. The van der Waals surface area contributed by atoms with Crippen molar-refractivity contribution in [2.24, 2.45) is 5.92 Å². The highest BCUT2D eigenvalue weighted by Crippen LogP contribution is 2.42. The van der Waals surface area contributed by atoms with Crippen molar-refractivity contribution in [1.82, 2.24) is 5.32 Å². The van der Waals surface area contributed by atoms with Gasteiger partial charge in [0.1, 0.15) is 23.5 Å². The fraction of sp³-hybridized carbons (Fsp3) is 0.280. The minimum atomic E-state index is -4.73. The maximum atomic E-state index is 14.4. The molecule has 3 aromatic carbocycles. The van der Waals surface area contributed by atoms with E-state index in [4.69, 9.17) is 4.74 Å². The summed E-state index contributed by atoms with van der Waals surface area (Å²) in [5.41, 5.74) is -0.946. The highest BCUT2D eigenvalue weighted by molar-refractivity contribution is 7.92. The van der Waals surface area contributed by atoms with Crippen LogP contribution in [0.2, 0.25) is 0 Å². The van der Waals surface area contributed by atoms with E-state index >= 15 is 0 Å². The Kier molecular flexibility index (Phi) is 6.16. The minimum absolute atomic E-state index is 0.0385. The van der Waals surface area contributed by atoms with E-state index in [0.717, 1.165) is 53.8 Å². The largest absolute Gasteiger partial charge is 0.486 e. The molecular weight excluding hydrogens is 503 g/mol. The van der Waals surface area contributed by atoms with Gasteiger partial charge in [0.2, 0.25) is 0 Å². The van der Waals surface area contributed by atoms with Crippen LogP contribution in [-0.2, 0) is 16.2 Å². The van der Waals surface area contributed by atoms with E-state index in [1.165, 1.54) is 18.2 Å². The molecule has 1 N–H and O–H groups in total. The molecule has 5 nitrogen and oxygen atoms in total. The predicted molar refractivity (Wildman–Crippen MR) is 123 cm³/mol. The molecule has 5 rings (SSSR count). The maximum Gasteiger partial charge on any atom is 0.416 e. The number of halogens is 5. The van der Waals surface area contributed by atoms with Crippen LogP contribution in [0.3, 0.4) is 0 Å². The zero-order chi connectivity index (χ0) is 25.7. The Bertz CT molecular complexity index is 1410. The number of hydrogen-bond donors (Lipinski definition) is 1. The molecule has 0 bridgehead atoms. The molecule has 1 fully saturated rings. The van der Waals surface area contributed by atoms with Gasteiger partial charge in [0.05, 0.1) is 22.7 Å². The van der Waals surface area contributed by atoms with Crippen LogP contribution in [0.5, 0.6) is 5.75 Å². The summed E-state index contributed by atoms with van der Waals surface area (Å²) in [5.74, 6) is -0.927. The third-order valence-corrected chi connectivity index (χ3v) is 8.12. The van der Waals surface area contributed by atoms with E-state index in [-0.39, 0.29) is 35.0 Å². The molecule has 0 amide bonds. The second-order valence-electron chi connectivity index (χ2n) is 8.87. The van der Waals surface area contributed by atoms with Crippen molar-refractivity contribution in [3.05, 3.63) is 77.9 Å². The number of ether oxygens (including phenoxy) is 1. The quantitative estimate of drug-likeness (QED) is 0.466. The number of rotatable bonds is 5. The van der Waals surface area contributed by atoms with E-state index < -0.39 is 44.4 Å². The Hall–Kier alpha value is -3.18. The number of nitrogens with one attached hydrogen (secondary N) is 1. The number of benzene rings is 3. The summed E-state index contributed by atoms with van der Waals surface area (Å²) in [5, 5.41) is 3.13. The Morgan fingerprint density at radius 1 is 1.00 bits per heavy atom. The highest BCUT2D eigenvalue weighted by atomic mass is 32.2. The number of fused-ring (bicyclic) bond motifs is 1. The van der Waals surface area contributed by atoms with Crippen LogP contribution in [0.1, 0.15) is 12.0 Å². The lowest BCUT2D eigenvalue weighted by molar-refractivity contribution is -0.137. The summed E-state index contributed by atoms with van der Waals surface area (Å²) in [6.07, 6.45) is -4.72. The molecule has 190 valence electrons. The van der Waals surface area contributed by atoms with Crippen LogP contribution >= 0.6 is 0 Å². The minimum Gasteiger partial charge on any atom is -0.486 e. The van der Waals surface area contributed by atoms with Crippen molar-refractivity contribution in [2.45, 2.75) is 23.6 Å². The smallest absolute Gasteiger partial charge is 0.416 e. The summed E-state index contributed by atoms with van der Waals surface area (Å²) in [6.45, 7) is 1.37. The number of sulfonamides is 1. The first-order chi connectivity index (χ1) is 17.0. The molecule has 1 atom stereocenters. The zero-order valence-corrected chi connectivity index (χ0v) is 19.5. The van der Waals surface area contributed by atoms with Crippen LogP contribution in [0.15, 0.2) is 65.6 Å². The standard InChI is InChI=1S/C25H21F5N2O3S/c26-18-5-6-22(27)21(11-18)16-4-7-24-23(9-16)32(14-19(35-24)8-15-12-31-13-15)36(33,34)20-3-1-2-17(10-20)25(28,29)30/h1-7,9-11,15,19,31H,8,12-14H2. The molecule has 1 unspecified atom stereocenters. The van der Waals surface area contributed by atoms with Crippen LogP contribution in [0.4, 0.5) is 27.6 Å². The molecule has 2 aliphatic heterocycles. The molecule has 3 aromatic rings. The molecule has 0 saturated carbocycles. The van der Waals surface area contributed by atoms with Crippen LogP contribution < -0.4 is 14.4 Å². The summed E-state index contributed by atoms with van der Waals surface area (Å²) in [4.78, 5) is -0.531. The van der Waals surface area contributed by atoms with Gasteiger partial charge in [0.15, 0.2) is 0 Å². The van der Waals surface area contributed by atoms with Gasteiger partial charge in [-0.25, -0.2) is 17.2 Å². The van der Waals surface area contributed by atoms with Gasteiger partial charge in [0.25, 0.3) is 10.0 Å². The number of hydrogen-bond acceptors (Lipinski definition) is 4. The molecule has 0 radical (unpaired) electrons. The van der Waals surface area contributed by atoms with Crippen molar-refractivity contribution in [3.8, 4) is 16.9 Å². The first-order valence-electron chi connectivity index (χ1n) is 11.2. The predicted octanol–water partition coefficient (Wildman–Crippen LogP) is 5.22. The van der Waals surface area contributed by atoms with Gasteiger partial charge in [-0.3, -0.25) is 4.31 Å². The van der Waals surface area contributed by atoms with Gasteiger partial charge in [-0.2, -0.15) is 13.2 Å². The number of alkyl halides is 3. The van der Waals surface area contributed by atoms with Crippen molar-refractivity contribution >= 4 is 15.7 Å². The summed E-state index contributed by atoms with van der Waals surface area (Å²) in [7, 11) is -4.46. The summed E-state index contributed by atoms with van der Waals surface area (Å²) in [6, 6.07) is 10.7. The second-order valence-corrected chi connectivity index (χ2v) is 10.7. The Labute approximate surface area is 204 Å². The average Bonchev–Trinajstić information content (AvgIpc) is 2.81. The molecule has 11 heteroatoms. The van der Waals surface area contributed by atoms with Crippen LogP contribution in [-0.4, -0.2) is 34.2 Å². The third-order valence-electron chi connectivity index (χ3n) is 6.34. The first kappa shape index (κ1) is 24.5. The Morgan fingerprint density at radius 2 is 1.78 bits per heavy atom. The monoisotopic (exact) mass is 524 g/mol. The van der Waals surface area contributed by atoms with Crippen LogP contribution in [0, 0.1) is 17.6 Å². The van der Waals surface area contributed by atoms with Crippen molar-refractivity contribution in [1.29, 1.82) is 0 Å². The van der Waals surface area contributed by atoms with E-state index in [1.807, 2.05) is 0 Å². The summed E-state index contributed by atoms with van der Waals surface area (Å²) < 4.78 is 103. The van der Waals surface area contributed by atoms with E-state index in [9.17, 15) is 30.4 Å². The fourth-order valence-electron chi connectivity index (χ4n) is 4.40. The van der Waals surface area contributed by atoms with Crippen molar-refractivity contribution < 1.29 is 35.1 Å². The topological polar surface area (TPSA) is 58.6 Å².